The van der Waals surface area contributed by atoms with Crippen molar-refractivity contribution in [1.29, 1.82) is 0 Å². The Kier molecular flexibility index (Phi) is 9.90. The van der Waals surface area contributed by atoms with Crippen LogP contribution < -0.4 is 15.4 Å². The first kappa shape index (κ1) is 35.7. The Hall–Kier alpha value is -4.14. The van der Waals surface area contributed by atoms with Crippen LogP contribution in [0.5, 0.6) is 0 Å². The molecule has 0 radical (unpaired) electrons. The second-order valence-corrected chi connectivity index (χ2v) is 17.0. The molecule has 0 bridgehead atoms. The topological polar surface area (TPSA) is 181 Å². The van der Waals surface area contributed by atoms with Crippen LogP contribution in [0.1, 0.15) is 89.7 Å². The summed E-state index contributed by atoms with van der Waals surface area (Å²) in [6.07, 6.45) is 5.72. The van der Waals surface area contributed by atoms with Gasteiger partial charge in [0.15, 0.2) is 0 Å². The largest absolute Gasteiger partial charge is 0.444 e. The Morgan fingerprint density at radius 1 is 1.00 bits per heavy atom. The summed E-state index contributed by atoms with van der Waals surface area (Å²) in [6.45, 7) is 5.76. The third kappa shape index (κ3) is 8.08. The van der Waals surface area contributed by atoms with E-state index in [4.69, 9.17) is 9.47 Å². The fourth-order valence-electron chi connectivity index (χ4n) is 6.98. The van der Waals surface area contributed by atoms with Crippen molar-refractivity contribution in [2.75, 3.05) is 6.54 Å². The lowest BCUT2D eigenvalue weighted by molar-refractivity contribution is -0.141. The smallest absolute Gasteiger partial charge is 0.410 e. The van der Waals surface area contributed by atoms with Crippen molar-refractivity contribution in [2.24, 2.45) is 5.92 Å². The number of carbonyl (C=O) groups excluding carboxylic acids is 5. The molecule has 50 heavy (non-hydrogen) atoms. The molecule has 3 aliphatic heterocycles. The number of hydrogen-bond donors (Lipinski definition) is 3. The lowest BCUT2D eigenvalue weighted by atomic mass is 10.0. The van der Waals surface area contributed by atoms with Gasteiger partial charge in [-0.2, -0.15) is 0 Å². The number of fused-ring (bicyclic) bond motifs is 3. The lowest BCUT2D eigenvalue weighted by Gasteiger charge is -2.30. The molecule has 3 heterocycles. The highest BCUT2D eigenvalue weighted by Gasteiger charge is 2.62. The van der Waals surface area contributed by atoms with Gasteiger partial charge in [0, 0.05) is 25.4 Å². The number of allylic oxidation sites excluding steroid dienone is 1. The number of hydrogen-bond acceptors (Lipinski definition) is 9. The quantitative estimate of drug-likeness (QED) is 0.387. The van der Waals surface area contributed by atoms with E-state index in [0.29, 0.717) is 38.8 Å². The average Bonchev–Trinajstić information content (AvgIpc) is 3.92. The molecule has 2 aliphatic carbocycles. The number of nitrogens with one attached hydrogen (secondary N) is 3. The van der Waals surface area contributed by atoms with Crippen molar-refractivity contribution in [3.63, 3.8) is 0 Å². The Bertz CT molecular complexity index is 1640. The Morgan fingerprint density at radius 3 is 2.36 bits per heavy atom. The van der Waals surface area contributed by atoms with E-state index in [-0.39, 0.29) is 25.8 Å². The van der Waals surface area contributed by atoms with Gasteiger partial charge in [0.1, 0.15) is 29.3 Å². The molecule has 15 heteroatoms. The van der Waals surface area contributed by atoms with Gasteiger partial charge in [0.05, 0.1) is 11.8 Å². The second-order valence-electron chi connectivity index (χ2n) is 15.1. The van der Waals surface area contributed by atoms with Crippen LogP contribution in [0.4, 0.5) is 9.59 Å². The molecule has 5 unspecified atom stereocenters. The monoisotopic (exact) mass is 713 g/mol. The maximum atomic E-state index is 14.3. The summed E-state index contributed by atoms with van der Waals surface area (Å²) in [7, 11) is -3.89. The van der Waals surface area contributed by atoms with Crippen molar-refractivity contribution >= 4 is 39.9 Å². The van der Waals surface area contributed by atoms with Crippen LogP contribution in [0, 0.1) is 5.92 Å². The predicted molar refractivity (Wildman–Crippen MR) is 181 cm³/mol. The van der Waals surface area contributed by atoms with Crippen LogP contribution in [0.3, 0.4) is 0 Å². The first-order chi connectivity index (χ1) is 23.6. The van der Waals surface area contributed by atoms with Crippen molar-refractivity contribution in [3.05, 3.63) is 47.5 Å². The van der Waals surface area contributed by atoms with E-state index in [1.807, 2.05) is 36.4 Å². The summed E-state index contributed by atoms with van der Waals surface area (Å²) < 4.78 is 39.0. The highest BCUT2D eigenvalue weighted by atomic mass is 32.2. The number of amides is 5. The van der Waals surface area contributed by atoms with E-state index < -0.39 is 80.4 Å². The number of benzene rings is 1. The Morgan fingerprint density at radius 2 is 1.70 bits per heavy atom. The van der Waals surface area contributed by atoms with Gasteiger partial charge >= 0.3 is 12.2 Å². The minimum atomic E-state index is -3.89. The van der Waals surface area contributed by atoms with Gasteiger partial charge in [0.25, 0.3) is 5.91 Å². The van der Waals surface area contributed by atoms with Crippen LogP contribution in [-0.4, -0.2) is 89.2 Å². The van der Waals surface area contributed by atoms with Crippen molar-refractivity contribution in [2.45, 2.75) is 126 Å². The van der Waals surface area contributed by atoms with Gasteiger partial charge in [-0.3, -0.25) is 24.0 Å². The van der Waals surface area contributed by atoms with E-state index in [0.717, 1.165) is 24.0 Å². The molecule has 1 saturated heterocycles. The predicted octanol–water partition coefficient (Wildman–Crippen LogP) is 3.01. The van der Waals surface area contributed by atoms with Crippen molar-refractivity contribution < 1.29 is 41.9 Å². The highest BCUT2D eigenvalue weighted by molar-refractivity contribution is 7.91. The highest BCUT2D eigenvalue weighted by Crippen LogP contribution is 2.46. The number of rotatable bonds is 5. The zero-order chi connectivity index (χ0) is 35.8. The third-order valence-corrected chi connectivity index (χ3v) is 11.7. The molecule has 5 aliphatic rings. The molecule has 1 aromatic carbocycles. The standard InChI is InChI=1S/C35H47N5O9S/c1-34(2,3)49-32(44)36-27-14-8-6-4-5-7-13-24-18-35(24,31(43)38-50(46,47)26-15-16-26)37-29(41)28-17-25(21-40(28)30(27)42)48-33(45)39-19-22-11-9-10-12-23(22)20-39/h7,9-13,24-28H,4-6,8,14-21H2,1-3H3,(H,36,44)(H,37,41)(H,38,43). The minimum Gasteiger partial charge on any atom is -0.444 e. The van der Waals surface area contributed by atoms with Crippen LogP contribution in [0.2, 0.25) is 0 Å². The fraction of sp³-hybridized carbons (Fsp3) is 0.629. The minimum absolute atomic E-state index is 0.0537. The maximum absolute atomic E-state index is 14.3. The lowest BCUT2D eigenvalue weighted by Crippen LogP contribution is -2.58. The molecule has 5 amide bonds. The van der Waals surface area contributed by atoms with E-state index in [1.54, 1.807) is 25.7 Å². The molecule has 3 fully saturated rings. The SMILES string of the molecule is CC(C)(C)OC(=O)NC1CCCCCC=CC2CC2(C(=O)NS(=O)(=O)C2CC2)NC(=O)C2CC(OC(=O)N3Cc4ccccc4C3)CN2C1=O. The number of sulfonamides is 1. The molecule has 14 nitrogen and oxygen atoms in total. The molecule has 6 rings (SSSR count). The first-order valence-corrected chi connectivity index (χ1v) is 19.1. The molecule has 272 valence electrons. The summed E-state index contributed by atoms with van der Waals surface area (Å²) in [5.41, 5.74) is -0.315. The molecule has 5 atom stereocenters. The van der Waals surface area contributed by atoms with Gasteiger partial charge < -0.3 is 25.0 Å². The van der Waals surface area contributed by atoms with Gasteiger partial charge in [-0.15, -0.1) is 0 Å². The van der Waals surface area contributed by atoms with Gasteiger partial charge in [0.2, 0.25) is 21.8 Å². The number of carbonyl (C=O) groups is 5. The van der Waals surface area contributed by atoms with E-state index >= 15 is 0 Å². The molecular weight excluding hydrogens is 666 g/mol. The number of nitrogens with zero attached hydrogens (tertiary/aromatic N) is 2. The van der Waals surface area contributed by atoms with E-state index in [9.17, 15) is 32.4 Å². The third-order valence-electron chi connectivity index (χ3n) is 9.90. The van der Waals surface area contributed by atoms with Crippen molar-refractivity contribution in [1.82, 2.24) is 25.2 Å². The maximum Gasteiger partial charge on any atom is 0.410 e. The van der Waals surface area contributed by atoms with Crippen LogP contribution in [-0.2, 0) is 47.0 Å². The van der Waals surface area contributed by atoms with Crippen LogP contribution >= 0.6 is 0 Å². The molecule has 2 saturated carbocycles. The zero-order valence-corrected chi connectivity index (χ0v) is 29.6. The zero-order valence-electron chi connectivity index (χ0n) is 28.8. The average molecular weight is 714 g/mol. The summed E-state index contributed by atoms with van der Waals surface area (Å²) >= 11 is 0. The van der Waals surface area contributed by atoms with E-state index in [2.05, 4.69) is 15.4 Å². The summed E-state index contributed by atoms with van der Waals surface area (Å²) in [5.74, 6) is -2.47. The van der Waals surface area contributed by atoms with Crippen molar-refractivity contribution in [3.8, 4) is 0 Å². The molecule has 0 spiro atoms. The van der Waals surface area contributed by atoms with Crippen LogP contribution in [0.15, 0.2) is 36.4 Å². The normalized spacial score (nSPS) is 28.6. The Balaban J connectivity index is 1.25. The Labute approximate surface area is 292 Å². The van der Waals surface area contributed by atoms with Gasteiger partial charge in [-0.05, 0) is 70.4 Å². The number of alkyl carbamates (subject to hydrolysis) is 1. The summed E-state index contributed by atoms with van der Waals surface area (Å²) in [6, 6.07) is 5.49. The molecule has 0 aromatic heterocycles. The molecule has 1 aromatic rings. The van der Waals surface area contributed by atoms with Gasteiger partial charge in [-0.1, -0.05) is 49.3 Å². The number of ether oxygens (including phenoxy) is 2. The first-order valence-electron chi connectivity index (χ1n) is 17.5. The van der Waals surface area contributed by atoms with E-state index in [1.165, 1.54) is 4.90 Å². The fourth-order valence-corrected chi connectivity index (χ4v) is 8.34. The molecule has 3 N–H and O–H groups in total. The summed E-state index contributed by atoms with van der Waals surface area (Å²) in [4.78, 5) is 71.1. The van der Waals surface area contributed by atoms with Gasteiger partial charge in [-0.25, -0.2) is 18.0 Å². The summed E-state index contributed by atoms with van der Waals surface area (Å²) in [5, 5.41) is 4.88. The van der Waals surface area contributed by atoms with Crippen LogP contribution in [0.25, 0.3) is 0 Å². The molecular formula is C35H47N5O9S. The second kappa shape index (κ2) is 13.9.